The lowest BCUT2D eigenvalue weighted by molar-refractivity contribution is -0.146. The molecule has 0 aromatic carbocycles. The standard InChI is InChI=1S/C14H19ClN2O3/c1-19-14(18)10-2-5-17-11(8-10)12(15)16-13(17)9-3-6-20-7-4-9/h9-10H,2-8H2,1H3. The van der Waals surface area contributed by atoms with Gasteiger partial charge in [0.1, 0.15) is 5.82 Å². The Hall–Kier alpha value is -1.07. The molecule has 0 saturated carbocycles. The van der Waals surface area contributed by atoms with Crippen LogP contribution in [0.15, 0.2) is 0 Å². The minimum Gasteiger partial charge on any atom is -0.469 e. The van der Waals surface area contributed by atoms with Gasteiger partial charge in [-0.15, -0.1) is 0 Å². The van der Waals surface area contributed by atoms with Crippen molar-refractivity contribution in [1.29, 1.82) is 0 Å². The molecule has 1 unspecified atom stereocenters. The van der Waals surface area contributed by atoms with Gasteiger partial charge >= 0.3 is 5.97 Å². The van der Waals surface area contributed by atoms with Crippen LogP contribution in [0, 0.1) is 5.92 Å². The van der Waals surface area contributed by atoms with Gasteiger partial charge in [-0.3, -0.25) is 4.79 Å². The first kappa shape index (κ1) is 13.9. The Kier molecular flexibility index (Phi) is 3.98. The summed E-state index contributed by atoms with van der Waals surface area (Å²) in [4.78, 5) is 16.2. The molecular formula is C14H19ClN2O3. The van der Waals surface area contributed by atoms with E-state index < -0.39 is 0 Å². The van der Waals surface area contributed by atoms with Crippen LogP contribution in [-0.2, 0) is 27.2 Å². The lowest BCUT2D eigenvalue weighted by Crippen LogP contribution is -2.28. The maximum atomic E-state index is 11.7. The lowest BCUT2D eigenvalue weighted by atomic mass is 9.95. The van der Waals surface area contributed by atoms with E-state index >= 15 is 0 Å². The van der Waals surface area contributed by atoms with Gasteiger partial charge in [0.05, 0.1) is 18.7 Å². The molecule has 1 saturated heterocycles. The van der Waals surface area contributed by atoms with E-state index in [1.165, 1.54) is 7.11 Å². The molecule has 0 bridgehead atoms. The molecule has 5 nitrogen and oxygen atoms in total. The summed E-state index contributed by atoms with van der Waals surface area (Å²) in [6, 6.07) is 0. The number of nitrogens with zero attached hydrogens (tertiary/aromatic N) is 2. The van der Waals surface area contributed by atoms with Crippen molar-refractivity contribution in [3.8, 4) is 0 Å². The highest BCUT2D eigenvalue weighted by atomic mass is 35.5. The lowest BCUT2D eigenvalue weighted by Gasteiger charge is -2.27. The number of carbonyl (C=O) groups excluding carboxylic acids is 1. The van der Waals surface area contributed by atoms with E-state index in [4.69, 9.17) is 21.1 Å². The largest absolute Gasteiger partial charge is 0.469 e. The van der Waals surface area contributed by atoms with E-state index in [0.29, 0.717) is 17.5 Å². The number of methoxy groups -OCH3 is 1. The number of carbonyl (C=O) groups is 1. The average molecular weight is 299 g/mol. The third-order valence-corrected chi connectivity index (χ3v) is 4.62. The summed E-state index contributed by atoms with van der Waals surface area (Å²) >= 11 is 6.28. The fourth-order valence-corrected chi connectivity index (χ4v) is 3.44. The van der Waals surface area contributed by atoms with Crippen molar-refractivity contribution >= 4 is 17.6 Å². The first-order valence-corrected chi connectivity index (χ1v) is 7.49. The van der Waals surface area contributed by atoms with Crippen LogP contribution >= 0.6 is 11.6 Å². The molecule has 6 heteroatoms. The molecule has 110 valence electrons. The van der Waals surface area contributed by atoms with E-state index in [1.807, 2.05) is 0 Å². The van der Waals surface area contributed by atoms with Crippen LogP contribution < -0.4 is 0 Å². The Balaban J connectivity index is 1.85. The molecule has 1 atom stereocenters. The van der Waals surface area contributed by atoms with Crippen molar-refractivity contribution < 1.29 is 14.3 Å². The molecule has 20 heavy (non-hydrogen) atoms. The molecule has 1 fully saturated rings. The molecule has 3 heterocycles. The van der Waals surface area contributed by atoms with Crippen molar-refractivity contribution in [2.45, 2.75) is 38.1 Å². The number of fused-ring (bicyclic) bond motifs is 1. The molecule has 0 N–H and O–H groups in total. The van der Waals surface area contributed by atoms with Crippen molar-refractivity contribution in [3.05, 3.63) is 16.7 Å². The average Bonchev–Trinajstić information content (AvgIpc) is 2.84. The van der Waals surface area contributed by atoms with E-state index in [1.54, 1.807) is 0 Å². The molecule has 2 aliphatic heterocycles. The summed E-state index contributed by atoms with van der Waals surface area (Å²) in [6.45, 7) is 2.37. The van der Waals surface area contributed by atoms with Crippen LogP contribution in [0.2, 0.25) is 5.15 Å². The zero-order valence-electron chi connectivity index (χ0n) is 11.6. The summed E-state index contributed by atoms with van der Waals surface area (Å²) in [5.74, 6) is 1.24. The molecule has 1 aromatic rings. The molecule has 0 amide bonds. The maximum absolute atomic E-state index is 11.7. The second kappa shape index (κ2) is 5.74. The van der Waals surface area contributed by atoms with Crippen molar-refractivity contribution in [1.82, 2.24) is 9.55 Å². The Bertz CT molecular complexity index is 509. The Morgan fingerprint density at radius 2 is 2.15 bits per heavy atom. The monoisotopic (exact) mass is 298 g/mol. The smallest absolute Gasteiger partial charge is 0.309 e. The highest BCUT2D eigenvalue weighted by molar-refractivity contribution is 6.30. The maximum Gasteiger partial charge on any atom is 0.309 e. The van der Waals surface area contributed by atoms with Crippen LogP contribution in [0.1, 0.15) is 36.7 Å². The van der Waals surface area contributed by atoms with E-state index in [9.17, 15) is 4.79 Å². The fourth-order valence-electron chi connectivity index (χ4n) is 3.17. The van der Waals surface area contributed by atoms with Crippen LogP contribution in [-0.4, -0.2) is 35.8 Å². The molecular weight excluding hydrogens is 280 g/mol. The topological polar surface area (TPSA) is 53.4 Å². The zero-order chi connectivity index (χ0) is 14.1. The highest BCUT2D eigenvalue weighted by Crippen LogP contribution is 2.34. The second-order valence-corrected chi connectivity index (χ2v) is 5.82. The number of imidazole rings is 1. The predicted molar refractivity (Wildman–Crippen MR) is 73.9 cm³/mol. The summed E-state index contributed by atoms with van der Waals surface area (Å²) in [7, 11) is 1.43. The predicted octanol–water partition coefficient (Wildman–Crippen LogP) is 2.17. The quantitative estimate of drug-likeness (QED) is 0.785. The van der Waals surface area contributed by atoms with Crippen LogP contribution in [0.4, 0.5) is 0 Å². The third kappa shape index (κ3) is 2.44. The van der Waals surface area contributed by atoms with E-state index in [2.05, 4.69) is 9.55 Å². The number of hydrogen-bond donors (Lipinski definition) is 0. The minimum absolute atomic E-state index is 0.0933. The van der Waals surface area contributed by atoms with Gasteiger partial charge in [0, 0.05) is 32.1 Å². The number of esters is 1. The van der Waals surface area contributed by atoms with Gasteiger partial charge in [-0.1, -0.05) is 11.6 Å². The van der Waals surface area contributed by atoms with Gasteiger partial charge in [0.15, 0.2) is 5.15 Å². The van der Waals surface area contributed by atoms with Crippen molar-refractivity contribution in [3.63, 3.8) is 0 Å². The Morgan fingerprint density at radius 3 is 2.85 bits per heavy atom. The van der Waals surface area contributed by atoms with Crippen LogP contribution in [0.5, 0.6) is 0 Å². The van der Waals surface area contributed by atoms with Gasteiger partial charge in [0.2, 0.25) is 0 Å². The molecule has 0 spiro atoms. The van der Waals surface area contributed by atoms with Gasteiger partial charge < -0.3 is 14.0 Å². The van der Waals surface area contributed by atoms with Crippen LogP contribution in [0.25, 0.3) is 0 Å². The van der Waals surface area contributed by atoms with Gasteiger partial charge in [-0.2, -0.15) is 0 Å². The number of rotatable bonds is 2. The van der Waals surface area contributed by atoms with Crippen LogP contribution in [0.3, 0.4) is 0 Å². The Morgan fingerprint density at radius 1 is 1.40 bits per heavy atom. The second-order valence-electron chi connectivity index (χ2n) is 5.46. The molecule has 3 rings (SSSR count). The number of halogens is 1. The third-order valence-electron chi connectivity index (χ3n) is 4.32. The number of hydrogen-bond acceptors (Lipinski definition) is 4. The summed E-state index contributed by atoms with van der Waals surface area (Å²) in [5, 5.41) is 0.542. The number of ether oxygens (including phenoxy) is 2. The van der Waals surface area contributed by atoms with E-state index in [0.717, 1.165) is 50.5 Å². The zero-order valence-corrected chi connectivity index (χ0v) is 12.4. The van der Waals surface area contributed by atoms with Crippen molar-refractivity contribution in [2.75, 3.05) is 20.3 Å². The van der Waals surface area contributed by atoms with Gasteiger partial charge in [-0.05, 0) is 19.3 Å². The normalized spacial score (nSPS) is 23.4. The van der Waals surface area contributed by atoms with E-state index in [-0.39, 0.29) is 11.9 Å². The molecule has 0 aliphatic carbocycles. The Labute approximate surface area is 123 Å². The van der Waals surface area contributed by atoms with Crippen molar-refractivity contribution in [2.24, 2.45) is 5.92 Å². The number of aromatic nitrogens is 2. The SMILES string of the molecule is COC(=O)C1CCn2c(C3CCOCC3)nc(Cl)c2C1. The minimum atomic E-state index is -0.152. The summed E-state index contributed by atoms with van der Waals surface area (Å²) in [5.41, 5.74) is 0.981. The van der Waals surface area contributed by atoms with Gasteiger partial charge in [0.25, 0.3) is 0 Å². The fraction of sp³-hybridized carbons (Fsp3) is 0.714. The summed E-state index contributed by atoms with van der Waals surface area (Å²) in [6.07, 6.45) is 3.41. The summed E-state index contributed by atoms with van der Waals surface area (Å²) < 4.78 is 12.4. The van der Waals surface area contributed by atoms with Gasteiger partial charge in [-0.25, -0.2) is 4.98 Å². The first-order valence-electron chi connectivity index (χ1n) is 7.11. The molecule has 2 aliphatic rings. The first-order chi connectivity index (χ1) is 9.70. The molecule has 0 radical (unpaired) electrons. The highest BCUT2D eigenvalue weighted by Gasteiger charge is 2.32. The molecule has 1 aromatic heterocycles.